The van der Waals surface area contributed by atoms with Gasteiger partial charge >= 0.3 is 0 Å². The van der Waals surface area contributed by atoms with E-state index in [1.165, 1.54) is 0 Å². The number of carbonyl (C=O) groups excluding carboxylic acids is 1. The van der Waals surface area contributed by atoms with Crippen LogP contribution in [-0.4, -0.2) is 43.1 Å². The molecular weight excluding hydrogens is 456 g/mol. The second kappa shape index (κ2) is 9.31. The predicted molar refractivity (Wildman–Crippen MR) is 123 cm³/mol. The van der Waals surface area contributed by atoms with Gasteiger partial charge in [-0.1, -0.05) is 0 Å². The molecule has 35 heavy (non-hydrogen) atoms. The summed E-state index contributed by atoms with van der Waals surface area (Å²) in [6, 6.07) is 7.51. The molecule has 1 aliphatic heterocycles. The van der Waals surface area contributed by atoms with Crippen LogP contribution in [-0.2, 0) is 16.0 Å². The number of nitrogens with zero attached hydrogens (tertiary/aromatic N) is 6. The molecule has 1 aliphatic rings. The van der Waals surface area contributed by atoms with Crippen LogP contribution in [0.4, 0.5) is 14.5 Å². The van der Waals surface area contributed by atoms with Crippen molar-refractivity contribution in [3.8, 4) is 6.07 Å². The summed E-state index contributed by atoms with van der Waals surface area (Å²) in [5.41, 5.74) is 2.89. The van der Waals surface area contributed by atoms with Crippen molar-refractivity contribution in [2.45, 2.75) is 44.8 Å². The van der Waals surface area contributed by atoms with Crippen molar-refractivity contribution in [2.24, 2.45) is 0 Å². The maximum Gasteiger partial charge on any atom is 0.297 e. The molecule has 0 bridgehead atoms. The van der Waals surface area contributed by atoms with Crippen LogP contribution in [0.3, 0.4) is 0 Å². The molecule has 5 rings (SSSR count). The average Bonchev–Trinajstić information content (AvgIpc) is 3.22. The molecule has 2 atom stereocenters. The number of pyridine rings is 1. The third-order valence-electron chi connectivity index (χ3n) is 6.01. The van der Waals surface area contributed by atoms with Gasteiger partial charge in [-0.3, -0.25) is 9.78 Å². The first-order chi connectivity index (χ1) is 16.9. The molecule has 0 spiro atoms. The van der Waals surface area contributed by atoms with Crippen molar-refractivity contribution >= 4 is 33.5 Å². The minimum absolute atomic E-state index is 0.0385. The van der Waals surface area contributed by atoms with Gasteiger partial charge < -0.3 is 14.6 Å². The summed E-state index contributed by atoms with van der Waals surface area (Å²) in [6.07, 6.45) is 2.65. The highest BCUT2D eigenvalue weighted by Gasteiger charge is 2.27. The summed E-state index contributed by atoms with van der Waals surface area (Å²) in [5.74, 6) is -0.446. The number of anilines is 1. The van der Waals surface area contributed by atoms with Gasteiger partial charge in [0.1, 0.15) is 11.3 Å². The Hall–Kier alpha value is -4.04. The van der Waals surface area contributed by atoms with Crippen LogP contribution in [0.5, 0.6) is 0 Å². The van der Waals surface area contributed by atoms with Gasteiger partial charge in [-0.15, -0.1) is 0 Å². The highest BCUT2D eigenvalue weighted by atomic mass is 19.3. The highest BCUT2D eigenvalue weighted by Crippen LogP contribution is 2.34. The summed E-state index contributed by atoms with van der Waals surface area (Å²) in [5, 5.41) is 12.9. The minimum Gasteiger partial charge on any atom is -0.378 e. The lowest BCUT2D eigenvalue weighted by molar-refractivity contribution is -0.115. The number of aromatic nitrogens is 5. The summed E-state index contributed by atoms with van der Waals surface area (Å²) < 4.78 is 33.2. The summed E-state index contributed by atoms with van der Waals surface area (Å²) >= 11 is 0. The Morgan fingerprint density at radius 3 is 2.77 bits per heavy atom. The van der Waals surface area contributed by atoms with Crippen LogP contribution < -0.4 is 5.32 Å². The molecule has 0 saturated carbocycles. The van der Waals surface area contributed by atoms with Crippen LogP contribution in [0.15, 0.2) is 36.8 Å². The molecule has 4 heterocycles. The van der Waals surface area contributed by atoms with Crippen LogP contribution in [0.2, 0.25) is 0 Å². The van der Waals surface area contributed by atoms with Crippen molar-refractivity contribution in [1.82, 2.24) is 24.5 Å². The van der Waals surface area contributed by atoms with Gasteiger partial charge in [-0.2, -0.15) is 5.26 Å². The SMILES string of the molecule is C[C@@H]1C[C@H](n2c(CC(=O)Nc3cnc(C(F)F)nc3)nc3cnc4ccc(C#N)cc4c32)CCO1. The first kappa shape index (κ1) is 22.7. The van der Waals surface area contributed by atoms with E-state index in [-0.39, 0.29) is 30.2 Å². The number of rotatable bonds is 5. The van der Waals surface area contributed by atoms with Gasteiger partial charge in [0, 0.05) is 18.0 Å². The van der Waals surface area contributed by atoms with Gasteiger partial charge in [0.2, 0.25) is 5.91 Å². The van der Waals surface area contributed by atoms with E-state index in [1.54, 1.807) is 24.4 Å². The zero-order chi connectivity index (χ0) is 24.5. The second-order valence-electron chi connectivity index (χ2n) is 8.45. The van der Waals surface area contributed by atoms with E-state index in [0.29, 0.717) is 23.5 Å². The van der Waals surface area contributed by atoms with Crippen molar-refractivity contribution in [3.05, 3.63) is 54.0 Å². The summed E-state index contributed by atoms with van der Waals surface area (Å²) in [7, 11) is 0. The Kier molecular flexibility index (Phi) is 6.05. The molecule has 9 nitrogen and oxygen atoms in total. The molecule has 0 aliphatic carbocycles. The summed E-state index contributed by atoms with van der Waals surface area (Å²) in [4.78, 5) is 29.2. The second-order valence-corrected chi connectivity index (χ2v) is 8.45. The first-order valence-electron chi connectivity index (χ1n) is 11.1. The van der Waals surface area contributed by atoms with E-state index in [1.807, 2.05) is 6.92 Å². The molecule has 1 aromatic carbocycles. The quantitative estimate of drug-likeness (QED) is 0.460. The van der Waals surface area contributed by atoms with Crippen LogP contribution >= 0.6 is 0 Å². The molecule has 178 valence electrons. The Bertz CT molecular complexity index is 1450. The lowest BCUT2D eigenvalue weighted by Gasteiger charge is -2.30. The number of amides is 1. The molecule has 3 aromatic heterocycles. The van der Waals surface area contributed by atoms with Crippen LogP contribution in [0, 0.1) is 11.3 Å². The number of halogens is 2. The predicted octanol–water partition coefficient (Wildman–Crippen LogP) is 4.10. The van der Waals surface area contributed by atoms with Gasteiger partial charge in [0.05, 0.1) is 59.5 Å². The van der Waals surface area contributed by atoms with Crippen molar-refractivity contribution in [2.75, 3.05) is 11.9 Å². The lowest BCUT2D eigenvalue weighted by Crippen LogP contribution is -2.27. The van der Waals surface area contributed by atoms with E-state index < -0.39 is 12.2 Å². The van der Waals surface area contributed by atoms with Crippen molar-refractivity contribution in [1.29, 1.82) is 5.26 Å². The standard InChI is InChI=1S/C24H21F2N7O2/c1-13-6-16(4-5-35-13)33-20(8-21(34)31-15-10-29-24(23(25)26)30-11-15)32-19-12-28-18-3-2-14(9-27)7-17(18)22(19)33/h2-3,7,10-13,16,23H,4-6,8H2,1H3,(H,31,34)/t13-,16-/m1/s1. The third kappa shape index (κ3) is 4.52. The molecule has 0 unspecified atom stereocenters. The zero-order valence-electron chi connectivity index (χ0n) is 18.8. The molecule has 1 saturated heterocycles. The molecule has 1 fully saturated rings. The van der Waals surface area contributed by atoms with E-state index in [4.69, 9.17) is 9.72 Å². The molecular formula is C24H21F2N7O2. The minimum atomic E-state index is -2.79. The number of alkyl halides is 2. The Morgan fingerprint density at radius 1 is 1.26 bits per heavy atom. The number of nitriles is 1. The number of carbonyl (C=O) groups is 1. The van der Waals surface area contributed by atoms with E-state index in [9.17, 15) is 18.8 Å². The normalized spacial score (nSPS) is 18.1. The molecule has 4 aromatic rings. The zero-order valence-corrected chi connectivity index (χ0v) is 18.8. The first-order valence-corrected chi connectivity index (χ1v) is 11.1. The van der Waals surface area contributed by atoms with Gasteiger partial charge in [0.25, 0.3) is 6.43 Å². The highest BCUT2D eigenvalue weighted by molar-refractivity contribution is 6.03. The largest absolute Gasteiger partial charge is 0.378 e. The molecule has 0 radical (unpaired) electrons. The fraction of sp³-hybridized carbons (Fsp3) is 0.333. The molecule has 1 amide bonds. The number of benzene rings is 1. The van der Waals surface area contributed by atoms with Gasteiger partial charge in [-0.25, -0.2) is 23.7 Å². The third-order valence-corrected chi connectivity index (χ3v) is 6.01. The Balaban J connectivity index is 1.55. The Labute approximate surface area is 198 Å². The number of nitrogens with one attached hydrogen (secondary N) is 1. The van der Waals surface area contributed by atoms with Crippen molar-refractivity contribution < 1.29 is 18.3 Å². The number of ether oxygens (including phenoxy) is 1. The topological polar surface area (TPSA) is 119 Å². The van der Waals surface area contributed by atoms with Gasteiger partial charge in [0.15, 0.2) is 5.82 Å². The van der Waals surface area contributed by atoms with Gasteiger partial charge in [-0.05, 0) is 38.0 Å². The summed E-state index contributed by atoms with van der Waals surface area (Å²) in [6.45, 7) is 2.59. The lowest BCUT2D eigenvalue weighted by atomic mass is 10.0. The smallest absolute Gasteiger partial charge is 0.297 e. The van der Waals surface area contributed by atoms with E-state index in [2.05, 4.69) is 30.9 Å². The number of hydrogen-bond acceptors (Lipinski definition) is 7. The van der Waals surface area contributed by atoms with E-state index >= 15 is 0 Å². The number of hydrogen-bond donors (Lipinski definition) is 1. The number of fused-ring (bicyclic) bond motifs is 3. The monoisotopic (exact) mass is 477 g/mol. The Morgan fingerprint density at radius 2 is 2.06 bits per heavy atom. The fourth-order valence-electron chi connectivity index (χ4n) is 4.49. The van der Waals surface area contributed by atoms with Crippen molar-refractivity contribution in [3.63, 3.8) is 0 Å². The average molecular weight is 477 g/mol. The fourth-order valence-corrected chi connectivity index (χ4v) is 4.49. The van der Waals surface area contributed by atoms with Crippen LogP contribution in [0.25, 0.3) is 21.9 Å². The molecule has 1 N–H and O–H groups in total. The number of imidazole rings is 1. The maximum atomic E-state index is 12.9. The van der Waals surface area contributed by atoms with Crippen LogP contribution in [0.1, 0.15) is 49.4 Å². The van der Waals surface area contributed by atoms with E-state index in [0.717, 1.165) is 41.7 Å². The maximum absolute atomic E-state index is 12.9. The molecule has 11 heteroatoms.